The third kappa shape index (κ3) is 3.60. The van der Waals surface area contributed by atoms with Crippen molar-refractivity contribution in [1.82, 2.24) is 15.3 Å². The zero-order chi connectivity index (χ0) is 19.6. The van der Waals surface area contributed by atoms with Crippen molar-refractivity contribution in [3.05, 3.63) is 24.5 Å². The van der Waals surface area contributed by atoms with Crippen molar-refractivity contribution in [2.24, 2.45) is 11.8 Å². The standard InChI is InChI=1S/C21H30N4O3/c1-3-4-5-6-7-19(26)22-12-16-17-13-25(14-21(17)9-8-18(16)28-21)20-23-10-15(27-2)11-24-20/h3-4,10-11,16-18H,5-9,12-14H2,1-2H3,(H,22,26)/b4-3+/t16-,17+,18+,21+/m0/s1. The van der Waals surface area contributed by atoms with Crippen molar-refractivity contribution in [2.75, 3.05) is 31.6 Å². The topological polar surface area (TPSA) is 76.6 Å². The normalized spacial score (nSPS) is 30.8. The second kappa shape index (κ2) is 8.07. The summed E-state index contributed by atoms with van der Waals surface area (Å²) in [4.78, 5) is 23.3. The number of rotatable bonds is 8. The second-order valence-electron chi connectivity index (χ2n) is 8.10. The molecule has 2 bridgehead atoms. The number of methoxy groups -OCH3 is 1. The zero-order valence-corrected chi connectivity index (χ0v) is 16.8. The van der Waals surface area contributed by atoms with Gasteiger partial charge in [-0.1, -0.05) is 12.2 Å². The molecule has 4 rings (SSSR count). The molecule has 3 fully saturated rings. The van der Waals surface area contributed by atoms with Crippen LogP contribution in [0.5, 0.6) is 5.75 Å². The summed E-state index contributed by atoms with van der Waals surface area (Å²) in [5.41, 5.74) is -0.102. The lowest BCUT2D eigenvalue weighted by atomic mass is 9.73. The summed E-state index contributed by atoms with van der Waals surface area (Å²) in [6.07, 6.45) is 12.4. The van der Waals surface area contributed by atoms with Crippen LogP contribution in [0.2, 0.25) is 0 Å². The molecule has 0 radical (unpaired) electrons. The molecule has 7 nitrogen and oxygen atoms in total. The number of hydrogen-bond donors (Lipinski definition) is 1. The van der Waals surface area contributed by atoms with E-state index in [1.165, 1.54) is 0 Å². The van der Waals surface area contributed by atoms with E-state index < -0.39 is 0 Å². The first kappa shape index (κ1) is 19.2. The van der Waals surface area contributed by atoms with Gasteiger partial charge < -0.3 is 19.7 Å². The molecule has 28 heavy (non-hydrogen) atoms. The minimum absolute atomic E-state index is 0.102. The Morgan fingerprint density at radius 3 is 3.04 bits per heavy atom. The van der Waals surface area contributed by atoms with Gasteiger partial charge in [0.25, 0.3) is 0 Å². The van der Waals surface area contributed by atoms with Crippen molar-refractivity contribution < 1.29 is 14.3 Å². The molecule has 0 saturated carbocycles. The van der Waals surface area contributed by atoms with E-state index in [2.05, 4.69) is 26.3 Å². The van der Waals surface area contributed by atoms with Crippen LogP contribution in [0.1, 0.15) is 39.0 Å². The maximum absolute atomic E-state index is 12.2. The SMILES string of the molecule is C/C=C/CCCC(=O)NC[C@H]1[C@H]2CN(c3ncc(OC)cn3)C[C@]23CC[C@H]1O3. The summed E-state index contributed by atoms with van der Waals surface area (Å²) >= 11 is 0. The Bertz CT molecular complexity index is 723. The highest BCUT2D eigenvalue weighted by Gasteiger charge is 2.63. The Kier molecular flexibility index (Phi) is 5.53. The Balaban J connectivity index is 1.35. The van der Waals surface area contributed by atoms with Crippen molar-refractivity contribution >= 4 is 11.9 Å². The van der Waals surface area contributed by atoms with Crippen LogP contribution in [0.25, 0.3) is 0 Å². The number of hydrogen-bond acceptors (Lipinski definition) is 6. The summed E-state index contributed by atoms with van der Waals surface area (Å²) in [7, 11) is 1.61. The highest BCUT2D eigenvalue weighted by Crippen LogP contribution is 2.54. The number of ether oxygens (including phenoxy) is 2. The van der Waals surface area contributed by atoms with Gasteiger partial charge >= 0.3 is 0 Å². The molecule has 4 heterocycles. The van der Waals surface area contributed by atoms with Crippen LogP contribution in [0.3, 0.4) is 0 Å². The van der Waals surface area contributed by atoms with Crippen LogP contribution >= 0.6 is 0 Å². The van der Waals surface area contributed by atoms with Crippen molar-refractivity contribution in [2.45, 2.75) is 50.7 Å². The maximum atomic E-state index is 12.2. The highest BCUT2D eigenvalue weighted by atomic mass is 16.5. The van der Waals surface area contributed by atoms with Gasteiger partial charge in [-0.2, -0.15) is 0 Å². The average molecular weight is 386 g/mol. The predicted octanol–water partition coefficient (Wildman–Crippen LogP) is 2.33. The molecule has 0 unspecified atom stereocenters. The highest BCUT2D eigenvalue weighted by molar-refractivity contribution is 5.75. The third-order valence-corrected chi connectivity index (χ3v) is 6.46. The molecular weight excluding hydrogens is 356 g/mol. The summed E-state index contributed by atoms with van der Waals surface area (Å²) in [6.45, 7) is 4.42. The number of unbranched alkanes of at least 4 members (excludes halogenated alkanes) is 1. The molecule has 1 aromatic rings. The fourth-order valence-electron chi connectivity index (χ4n) is 5.06. The molecule has 1 amide bonds. The van der Waals surface area contributed by atoms with Crippen LogP contribution < -0.4 is 15.0 Å². The fourth-order valence-corrected chi connectivity index (χ4v) is 5.06. The van der Waals surface area contributed by atoms with Crippen LogP contribution in [0.4, 0.5) is 5.95 Å². The maximum Gasteiger partial charge on any atom is 0.225 e. The van der Waals surface area contributed by atoms with Gasteiger partial charge in [-0.3, -0.25) is 4.79 Å². The summed E-state index contributed by atoms with van der Waals surface area (Å²) < 4.78 is 11.6. The van der Waals surface area contributed by atoms with Crippen LogP contribution in [-0.2, 0) is 9.53 Å². The molecule has 0 aliphatic carbocycles. The molecular formula is C21H30N4O3. The van der Waals surface area contributed by atoms with Crippen molar-refractivity contribution in [3.8, 4) is 5.75 Å². The monoisotopic (exact) mass is 386 g/mol. The largest absolute Gasteiger partial charge is 0.494 e. The van der Waals surface area contributed by atoms with Crippen LogP contribution in [0.15, 0.2) is 24.5 Å². The van der Waals surface area contributed by atoms with E-state index in [1.807, 2.05) is 13.0 Å². The number of fused-ring (bicyclic) bond motifs is 1. The third-order valence-electron chi connectivity index (χ3n) is 6.46. The van der Waals surface area contributed by atoms with Gasteiger partial charge in [0.05, 0.1) is 37.8 Å². The molecule has 1 spiro atoms. The average Bonchev–Trinajstić information content (AvgIpc) is 3.38. The zero-order valence-electron chi connectivity index (χ0n) is 16.8. The van der Waals surface area contributed by atoms with Gasteiger partial charge in [0, 0.05) is 31.3 Å². The Hall–Kier alpha value is -2.15. The number of anilines is 1. The van der Waals surface area contributed by atoms with Crippen LogP contribution in [0, 0.1) is 11.8 Å². The molecule has 3 aliphatic rings. The lowest BCUT2D eigenvalue weighted by molar-refractivity contribution is -0.121. The van der Waals surface area contributed by atoms with Gasteiger partial charge in [-0.15, -0.1) is 0 Å². The Morgan fingerprint density at radius 1 is 1.46 bits per heavy atom. The van der Waals surface area contributed by atoms with E-state index in [4.69, 9.17) is 9.47 Å². The molecule has 152 valence electrons. The van der Waals surface area contributed by atoms with Gasteiger partial charge in [-0.05, 0) is 32.6 Å². The van der Waals surface area contributed by atoms with E-state index in [-0.39, 0.29) is 17.6 Å². The van der Waals surface area contributed by atoms with Gasteiger partial charge in [0.2, 0.25) is 11.9 Å². The first-order chi connectivity index (χ1) is 13.6. The van der Waals surface area contributed by atoms with E-state index >= 15 is 0 Å². The Labute approximate surface area is 166 Å². The number of aromatic nitrogens is 2. The minimum atomic E-state index is -0.102. The lowest BCUT2D eigenvalue weighted by Gasteiger charge is -2.29. The number of carbonyl (C=O) groups excluding carboxylic acids is 1. The lowest BCUT2D eigenvalue weighted by Crippen LogP contribution is -2.41. The van der Waals surface area contributed by atoms with Gasteiger partial charge in [0.15, 0.2) is 5.75 Å². The summed E-state index contributed by atoms with van der Waals surface area (Å²) in [6, 6.07) is 0. The number of amides is 1. The predicted molar refractivity (Wildman–Crippen MR) is 106 cm³/mol. The number of carbonyl (C=O) groups is 1. The molecule has 1 aromatic heterocycles. The van der Waals surface area contributed by atoms with E-state index in [0.29, 0.717) is 30.6 Å². The quantitative estimate of drug-likeness (QED) is 0.546. The minimum Gasteiger partial charge on any atom is -0.494 e. The molecule has 3 aliphatic heterocycles. The molecule has 7 heteroatoms. The van der Waals surface area contributed by atoms with E-state index in [0.717, 1.165) is 44.7 Å². The summed E-state index contributed by atoms with van der Waals surface area (Å²) in [5.74, 6) is 2.32. The number of nitrogens with one attached hydrogen (secondary N) is 1. The Morgan fingerprint density at radius 2 is 2.29 bits per heavy atom. The molecule has 0 aromatic carbocycles. The fraction of sp³-hybridized carbons (Fsp3) is 0.667. The van der Waals surface area contributed by atoms with Gasteiger partial charge in [0.1, 0.15) is 0 Å². The summed E-state index contributed by atoms with van der Waals surface area (Å²) in [5, 5.41) is 3.16. The van der Waals surface area contributed by atoms with Crippen molar-refractivity contribution in [3.63, 3.8) is 0 Å². The molecule has 1 N–H and O–H groups in total. The smallest absolute Gasteiger partial charge is 0.225 e. The first-order valence-corrected chi connectivity index (χ1v) is 10.3. The van der Waals surface area contributed by atoms with Crippen LogP contribution in [-0.4, -0.2) is 54.3 Å². The van der Waals surface area contributed by atoms with E-state index in [9.17, 15) is 4.79 Å². The van der Waals surface area contributed by atoms with Crippen molar-refractivity contribution in [1.29, 1.82) is 0 Å². The first-order valence-electron chi connectivity index (χ1n) is 10.3. The number of allylic oxidation sites excluding steroid dienone is 2. The van der Waals surface area contributed by atoms with Gasteiger partial charge in [-0.25, -0.2) is 9.97 Å². The number of nitrogens with zero attached hydrogens (tertiary/aromatic N) is 3. The molecule has 4 atom stereocenters. The second-order valence-corrected chi connectivity index (χ2v) is 8.10. The van der Waals surface area contributed by atoms with E-state index in [1.54, 1.807) is 19.5 Å². The molecule has 3 saturated heterocycles.